The molecule has 3 aromatic rings. The lowest BCUT2D eigenvalue weighted by Crippen LogP contribution is -2.00. The quantitative estimate of drug-likeness (QED) is 0.522. The van der Waals surface area contributed by atoms with E-state index in [9.17, 15) is 0 Å². The van der Waals surface area contributed by atoms with Gasteiger partial charge in [-0.25, -0.2) is 0 Å². The molecule has 1 aromatic heterocycles. The first-order valence-electron chi connectivity index (χ1n) is 8.09. The van der Waals surface area contributed by atoms with Crippen molar-refractivity contribution in [1.82, 2.24) is 14.9 Å². The van der Waals surface area contributed by atoms with Crippen LogP contribution in [0.25, 0.3) is 0 Å². The second-order valence-electron chi connectivity index (χ2n) is 5.60. The van der Waals surface area contributed by atoms with Crippen molar-refractivity contribution in [2.75, 3.05) is 7.11 Å². The van der Waals surface area contributed by atoms with Crippen molar-refractivity contribution >= 4 is 18.4 Å². The summed E-state index contributed by atoms with van der Waals surface area (Å²) in [6.45, 7) is 2.08. The van der Waals surface area contributed by atoms with Crippen LogP contribution in [0.3, 0.4) is 0 Å². The second-order valence-corrected chi connectivity index (χ2v) is 5.99. The third kappa shape index (κ3) is 4.22. The molecular weight excluding hydrogens is 362 g/mol. The van der Waals surface area contributed by atoms with E-state index in [1.54, 1.807) is 32.4 Å². The van der Waals surface area contributed by atoms with Crippen LogP contribution in [0.15, 0.2) is 47.6 Å². The molecule has 27 heavy (non-hydrogen) atoms. The minimum Gasteiger partial charge on any atom is -0.493 e. The number of nitriles is 1. The number of nitrogens with one attached hydrogen (secondary N) is 1. The largest absolute Gasteiger partial charge is 0.493 e. The Morgan fingerprint density at radius 2 is 2.11 bits per heavy atom. The van der Waals surface area contributed by atoms with Crippen LogP contribution >= 0.6 is 12.2 Å². The van der Waals surface area contributed by atoms with E-state index < -0.39 is 0 Å². The maximum absolute atomic E-state index is 9.17. The van der Waals surface area contributed by atoms with Gasteiger partial charge in [-0.15, -0.1) is 0 Å². The number of aromatic nitrogens is 3. The molecule has 0 atom stereocenters. The molecule has 0 amide bonds. The molecule has 8 heteroatoms. The summed E-state index contributed by atoms with van der Waals surface area (Å²) in [5.41, 5.74) is 2.23. The Bertz CT molecular complexity index is 1080. The number of hydrogen-bond acceptors (Lipinski definition) is 6. The lowest BCUT2D eigenvalue weighted by Gasteiger charge is -2.12. The van der Waals surface area contributed by atoms with Crippen LogP contribution in [0.1, 0.15) is 22.5 Å². The molecule has 7 nitrogen and oxygen atoms in total. The van der Waals surface area contributed by atoms with Crippen LogP contribution in [0.2, 0.25) is 0 Å². The fraction of sp³-hybridized carbons (Fsp3) is 0.158. The summed E-state index contributed by atoms with van der Waals surface area (Å²) in [5, 5.41) is 20.2. The highest BCUT2D eigenvalue weighted by Gasteiger charge is 2.08. The fourth-order valence-electron chi connectivity index (χ4n) is 2.43. The zero-order valence-corrected chi connectivity index (χ0v) is 15.7. The van der Waals surface area contributed by atoms with Gasteiger partial charge in [0.2, 0.25) is 4.77 Å². The third-order valence-corrected chi connectivity index (χ3v) is 4.11. The molecule has 1 N–H and O–H groups in total. The number of ether oxygens (including phenoxy) is 2. The highest BCUT2D eigenvalue weighted by Crippen LogP contribution is 2.28. The predicted octanol–water partition coefficient (Wildman–Crippen LogP) is 3.59. The third-order valence-electron chi connectivity index (χ3n) is 3.84. The highest BCUT2D eigenvalue weighted by atomic mass is 32.1. The normalized spacial score (nSPS) is 10.7. The molecule has 0 saturated carbocycles. The molecule has 0 bridgehead atoms. The van der Waals surface area contributed by atoms with Crippen LogP contribution in [-0.4, -0.2) is 28.2 Å². The smallest absolute Gasteiger partial charge is 0.216 e. The van der Waals surface area contributed by atoms with E-state index in [0.717, 1.165) is 11.1 Å². The molecule has 0 aliphatic carbocycles. The summed E-state index contributed by atoms with van der Waals surface area (Å²) in [6.07, 6.45) is 1.66. The summed E-state index contributed by atoms with van der Waals surface area (Å²) in [7, 11) is 1.57. The van der Waals surface area contributed by atoms with Crippen molar-refractivity contribution in [3.8, 4) is 17.6 Å². The fourth-order valence-corrected chi connectivity index (χ4v) is 2.65. The Labute approximate surface area is 161 Å². The van der Waals surface area contributed by atoms with Gasteiger partial charge in [0.05, 0.1) is 25.0 Å². The summed E-state index contributed by atoms with van der Waals surface area (Å²) in [4.78, 5) is 0. The lowest BCUT2D eigenvalue weighted by molar-refractivity contribution is 0.284. The van der Waals surface area contributed by atoms with Gasteiger partial charge in [0, 0.05) is 5.56 Å². The first-order valence-corrected chi connectivity index (χ1v) is 8.50. The average molecular weight is 379 g/mol. The molecular formula is C19H17N5O2S. The molecule has 0 fully saturated rings. The van der Waals surface area contributed by atoms with Crippen LogP contribution < -0.4 is 9.47 Å². The number of H-pyrrole nitrogens is 1. The zero-order valence-electron chi connectivity index (χ0n) is 14.8. The van der Waals surface area contributed by atoms with Gasteiger partial charge >= 0.3 is 0 Å². The molecule has 1 heterocycles. The highest BCUT2D eigenvalue weighted by molar-refractivity contribution is 7.71. The average Bonchev–Trinajstić information content (AvgIpc) is 3.02. The molecule has 0 spiro atoms. The Morgan fingerprint density at radius 1 is 1.30 bits per heavy atom. The van der Waals surface area contributed by atoms with Crippen LogP contribution in [0.5, 0.6) is 11.5 Å². The molecule has 136 valence electrons. The van der Waals surface area contributed by atoms with E-state index in [0.29, 0.717) is 27.7 Å². The van der Waals surface area contributed by atoms with Crippen LogP contribution in [0, 0.1) is 23.0 Å². The number of methoxy groups -OCH3 is 1. The molecule has 0 unspecified atom stereocenters. The van der Waals surface area contributed by atoms with Crippen LogP contribution in [-0.2, 0) is 6.61 Å². The predicted molar refractivity (Wildman–Crippen MR) is 104 cm³/mol. The maximum atomic E-state index is 9.17. The van der Waals surface area contributed by atoms with Gasteiger partial charge in [-0.2, -0.15) is 20.1 Å². The standard InChI is InChI=1S/C19H17N5O2S/c1-13-22-23-19(27)24(13)21-11-14-7-8-17(18(9-14)25-2)26-12-16-6-4-3-5-15(16)10-20/h3-9,11H,12H2,1-2H3,(H,23,27). The van der Waals surface area contributed by atoms with Gasteiger partial charge in [0.25, 0.3) is 0 Å². The Morgan fingerprint density at radius 3 is 2.81 bits per heavy atom. The first kappa shape index (κ1) is 18.4. The monoisotopic (exact) mass is 379 g/mol. The Hall–Kier alpha value is -3.44. The number of rotatable bonds is 6. The summed E-state index contributed by atoms with van der Waals surface area (Å²) in [6, 6.07) is 15.0. The van der Waals surface area contributed by atoms with Crippen molar-refractivity contribution in [1.29, 1.82) is 5.26 Å². The number of aromatic amines is 1. The SMILES string of the molecule is COc1cc(C=Nn2c(C)n[nH]c2=S)ccc1OCc1ccccc1C#N. The molecule has 0 radical (unpaired) electrons. The van der Waals surface area contributed by atoms with Gasteiger partial charge in [0.1, 0.15) is 12.4 Å². The van der Waals surface area contributed by atoms with Gasteiger partial charge in [0.15, 0.2) is 11.5 Å². The summed E-state index contributed by atoms with van der Waals surface area (Å²) >= 11 is 5.12. The number of aryl methyl sites for hydroxylation is 1. The topological polar surface area (TPSA) is 88.2 Å². The maximum Gasteiger partial charge on any atom is 0.216 e. The van der Waals surface area contributed by atoms with E-state index in [4.69, 9.17) is 27.0 Å². The minimum absolute atomic E-state index is 0.275. The van der Waals surface area contributed by atoms with Gasteiger partial charge in [-0.3, -0.25) is 5.10 Å². The molecule has 3 rings (SSSR count). The first-order chi connectivity index (χ1) is 13.1. The molecule has 0 saturated heterocycles. The van der Waals surface area contributed by atoms with Gasteiger partial charge in [-0.05, 0) is 49.0 Å². The van der Waals surface area contributed by atoms with Crippen molar-refractivity contribution in [3.05, 3.63) is 69.8 Å². The van der Waals surface area contributed by atoms with E-state index in [2.05, 4.69) is 21.4 Å². The Balaban J connectivity index is 1.78. The summed E-state index contributed by atoms with van der Waals surface area (Å²) in [5.74, 6) is 1.82. The number of hydrogen-bond donors (Lipinski definition) is 1. The van der Waals surface area contributed by atoms with Crippen molar-refractivity contribution < 1.29 is 9.47 Å². The van der Waals surface area contributed by atoms with Gasteiger partial charge < -0.3 is 9.47 Å². The number of benzene rings is 2. The van der Waals surface area contributed by atoms with E-state index in [-0.39, 0.29) is 6.61 Å². The zero-order chi connectivity index (χ0) is 19.2. The van der Waals surface area contributed by atoms with Crippen molar-refractivity contribution in [3.63, 3.8) is 0 Å². The van der Waals surface area contributed by atoms with E-state index >= 15 is 0 Å². The van der Waals surface area contributed by atoms with Gasteiger partial charge in [-0.1, -0.05) is 18.2 Å². The second kappa shape index (κ2) is 8.29. The van der Waals surface area contributed by atoms with Crippen molar-refractivity contribution in [2.24, 2.45) is 5.10 Å². The van der Waals surface area contributed by atoms with E-state index in [1.807, 2.05) is 30.3 Å². The minimum atomic E-state index is 0.275. The molecule has 2 aromatic carbocycles. The van der Waals surface area contributed by atoms with E-state index in [1.165, 1.54) is 4.68 Å². The van der Waals surface area contributed by atoms with Crippen LogP contribution in [0.4, 0.5) is 0 Å². The molecule has 0 aliphatic heterocycles. The summed E-state index contributed by atoms with van der Waals surface area (Å²) < 4.78 is 13.2. The Kier molecular flexibility index (Phi) is 5.64. The van der Waals surface area contributed by atoms with Crippen molar-refractivity contribution in [2.45, 2.75) is 13.5 Å². The molecule has 0 aliphatic rings. The number of nitrogens with zero attached hydrogens (tertiary/aromatic N) is 4. The lowest BCUT2D eigenvalue weighted by atomic mass is 10.1.